The predicted octanol–water partition coefficient (Wildman–Crippen LogP) is 1.55. The maximum absolute atomic E-state index is 12.0. The summed E-state index contributed by atoms with van der Waals surface area (Å²) in [5, 5.41) is 5.78. The number of ether oxygens (including phenoxy) is 1. The van der Waals surface area contributed by atoms with Gasteiger partial charge in [-0.15, -0.1) is 0 Å². The molecule has 1 aromatic carbocycles. The SMILES string of the molecule is CC1CC1C(=O)Nc1ccc(NC(=O)CN2CCOCC2)cc1. The van der Waals surface area contributed by atoms with Crippen LogP contribution < -0.4 is 10.6 Å². The molecule has 2 fully saturated rings. The van der Waals surface area contributed by atoms with E-state index in [0.717, 1.165) is 30.9 Å². The molecule has 1 aromatic rings. The van der Waals surface area contributed by atoms with E-state index in [1.54, 1.807) is 0 Å². The fourth-order valence-corrected chi connectivity index (χ4v) is 2.72. The number of nitrogens with one attached hydrogen (secondary N) is 2. The van der Waals surface area contributed by atoms with E-state index in [2.05, 4.69) is 22.5 Å². The largest absolute Gasteiger partial charge is 0.379 e. The highest BCUT2D eigenvalue weighted by atomic mass is 16.5. The van der Waals surface area contributed by atoms with E-state index in [4.69, 9.17) is 4.74 Å². The molecule has 1 saturated heterocycles. The molecular weight excluding hydrogens is 294 g/mol. The second-order valence-electron chi connectivity index (χ2n) is 6.32. The van der Waals surface area contributed by atoms with Gasteiger partial charge < -0.3 is 15.4 Å². The molecule has 2 atom stereocenters. The number of carbonyl (C=O) groups excluding carboxylic acids is 2. The van der Waals surface area contributed by atoms with Gasteiger partial charge in [-0.05, 0) is 36.6 Å². The summed E-state index contributed by atoms with van der Waals surface area (Å²) in [6, 6.07) is 7.25. The van der Waals surface area contributed by atoms with Crippen molar-refractivity contribution in [3.63, 3.8) is 0 Å². The van der Waals surface area contributed by atoms with Crippen LogP contribution in [0.25, 0.3) is 0 Å². The maximum Gasteiger partial charge on any atom is 0.238 e. The van der Waals surface area contributed by atoms with Gasteiger partial charge in [0.05, 0.1) is 19.8 Å². The summed E-state index contributed by atoms with van der Waals surface area (Å²) in [6.07, 6.45) is 0.974. The zero-order chi connectivity index (χ0) is 16.2. The van der Waals surface area contributed by atoms with Gasteiger partial charge in [0.2, 0.25) is 11.8 Å². The molecule has 0 radical (unpaired) electrons. The summed E-state index contributed by atoms with van der Waals surface area (Å²) in [5.74, 6) is 0.703. The fourth-order valence-electron chi connectivity index (χ4n) is 2.72. The predicted molar refractivity (Wildman–Crippen MR) is 88.2 cm³/mol. The summed E-state index contributed by atoms with van der Waals surface area (Å²) < 4.78 is 5.26. The van der Waals surface area contributed by atoms with Crippen LogP contribution in [-0.4, -0.2) is 49.6 Å². The van der Waals surface area contributed by atoms with Crippen molar-refractivity contribution in [3.05, 3.63) is 24.3 Å². The summed E-state index contributed by atoms with van der Waals surface area (Å²) in [4.78, 5) is 26.0. The Hall–Kier alpha value is -1.92. The molecule has 2 amide bonds. The van der Waals surface area contributed by atoms with Crippen LogP contribution in [0.2, 0.25) is 0 Å². The molecule has 1 aliphatic carbocycles. The average Bonchev–Trinajstić information content (AvgIpc) is 3.27. The molecule has 2 N–H and O–H groups in total. The molecule has 2 aliphatic rings. The topological polar surface area (TPSA) is 70.7 Å². The smallest absolute Gasteiger partial charge is 0.238 e. The molecule has 2 unspecified atom stereocenters. The third-order valence-electron chi connectivity index (χ3n) is 4.35. The third kappa shape index (κ3) is 4.53. The lowest BCUT2D eigenvalue weighted by Gasteiger charge is -2.25. The van der Waals surface area contributed by atoms with Crippen LogP contribution >= 0.6 is 0 Å². The quantitative estimate of drug-likeness (QED) is 0.864. The molecule has 0 aromatic heterocycles. The second-order valence-corrected chi connectivity index (χ2v) is 6.32. The van der Waals surface area contributed by atoms with Crippen LogP contribution in [0.15, 0.2) is 24.3 Å². The lowest BCUT2D eigenvalue weighted by Crippen LogP contribution is -2.41. The molecule has 124 valence electrons. The van der Waals surface area contributed by atoms with Gasteiger partial charge in [0.1, 0.15) is 0 Å². The van der Waals surface area contributed by atoms with Crippen LogP contribution in [0.4, 0.5) is 11.4 Å². The molecule has 1 aliphatic heterocycles. The Bertz CT molecular complexity index is 567. The van der Waals surface area contributed by atoms with E-state index in [1.165, 1.54) is 0 Å². The van der Waals surface area contributed by atoms with Crippen molar-refractivity contribution in [3.8, 4) is 0 Å². The molecule has 23 heavy (non-hydrogen) atoms. The van der Waals surface area contributed by atoms with Crippen molar-refractivity contribution in [2.75, 3.05) is 43.5 Å². The number of hydrogen-bond donors (Lipinski definition) is 2. The van der Waals surface area contributed by atoms with E-state index in [1.807, 2.05) is 24.3 Å². The molecule has 6 nitrogen and oxygen atoms in total. The van der Waals surface area contributed by atoms with Crippen molar-refractivity contribution in [1.29, 1.82) is 0 Å². The summed E-state index contributed by atoms with van der Waals surface area (Å²) in [7, 11) is 0. The number of morpholine rings is 1. The molecule has 1 saturated carbocycles. The highest BCUT2D eigenvalue weighted by molar-refractivity contribution is 5.95. The van der Waals surface area contributed by atoms with E-state index >= 15 is 0 Å². The van der Waals surface area contributed by atoms with Gasteiger partial charge in [-0.25, -0.2) is 0 Å². The minimum Gasteiger partial charge on any atom is -0.379 e. The molecule has 3 rings (SSSR count). The Balaban J connectivity index is 1.46. The fraction of sp³-hybridized carbons (Fsp3) is 0.529. The van der Waals surface area contributed by atoms with Crippen molar-refractivity contribution >= 4 is 23.2 Å². The van der Waals surface area contributed by atoms with Crippen LogP contribution in [0.1, 0.15) is 13.3 Å². The first-order valence-corrected chi connectivity index (χ1v) is 8.13. The molecule has 1 heterocycles. The number of hydrogen-bond acceptors (Lipinski definition) is 4. The van der Waals surface area contributed by atoms with Crippen molar-refractivity contribution < 1.29 is 14.3 Å². The van der Waals surface area contributed by atoms with Gasteiger partial charge >= 0.3 is 0 Å². The summed E-state index contributed by atoms with van der Waals surface area (Å²) >= 11 is 0. The van der Waals surface area contributed by atoms with Gasteiger partial charge in [0, 0.05) is 30.4 Å². The number of rotatable bonds is 5. The minimum atomic E-state index is -0.0320. The first-order chi connectivity index (χ1) is 11.1. The molecular formula is C17H23N3O3. The van der Waals surface area contributed by atoms with Crippen molar-refractivity contribution in [2.24, 2.45) is 11.8 Å². The van der Waals surface area contributed by atoms with Crippen LogP contribution in [0, 0.1) is 11.8 Å². The number of amides is 2. The van der Waals surface area contributed by atoms with Gasteiger partial charge in [-0.2, -0.15) is 0 Å². The van der Waals surface area contributed by atoms with E-state index in [9.17, 15) is 9.59 Å². The van der Waals surface area contributed by atoms with Gasteiger partial charge in [0.15, 0.2) is 0 Å². The summed E-state index contributed by atoms with van der Waals surface area (Å²) in [6.45, 7) is 5.40. The van der Waals surface area contributed by atoms with Crippen LogP contribution in [0.5, 0.6) is 0 Å². The standard InChI is InChI=1S/C17H23N3O3/c1-12-10-15(12)17(22)19-14-4-2-13(3-5-14)18-16(21)11-20-6-8-23-9-7-20/h2-5,12,15H,6-11H2,1H3,(H,18,21)(H,19,22). The number of nitrogens with zero attached hydrogens (tertiary/aromatic N) is 1. The maximum atomic E-state index is 12.0. The van der Waals surface area contributed by atoms with Gasteiger partial charge in [-0.3, -0.25) is 14.5 Å². The van der Waals surface area contributed by atoms with Crippen LogP contribution in [0.3, 0.4) is 0 Å². The second kappa shape index (κ2) is 7.10. The third-order valence-corrected chi connectivity index (χ3v) is 4.35. The molecule has 6 heteroatoms. The minimum absolute atomic E-state index is 0.0320. The van der Waals surface area contributed by atoms with E-state index < -0.39 is 0 Å². The van der Waals surface area contributed by atoms with Crippen molar-refractivity contribution in [2.45, 2.75) is 13.3 Å². The molecule has 0 bridgehead atoms. The van der Waals surface area contributed by atoms with Gasteiger partial charge in [-0.1, -0.05) is 6.92 Å². The first-order valence-electron chi connectivity index (χ1n) is 8.13. The number of anilines is 2. The van der Waals surface area contributed by atoms with Gasteiger partial charge in [0.25, 0.3) is 0 Å². The Morgan fingerprint density at radius 1 is 1.13 bits per heavy atom. The van der Waals surface area contributed by atoms with Crippen molar-refractivity contribution in [1.82, 2.24) is 4.90 Å². The Morgan fingerprint density at radius 3 is 2.26 bits per heavy atom. The Morgan fingerprint density at radius 2 is 1.70 bits per heavy atom. The first kappa shape index (κ1) is 16.0. The zero-order valence-electron chi connectivity index (χ0n) is 13.4. The highest BCUT2D eigenvalue weighted by Gasteiger charge is 2.39. The normalized spacial score (nSPS) is 24.0. The summed E-state index contributed by atoms with van der Waals surface area (Å²) in [5.41, 5.74) is 1.50. The van der Waals surface area contributed by atoms with E-state index in [0.29, 0.717) is 25.7 Å². The Kier molecular flexibility index (Phi) is 4.93. The molecule has 0 spiro atoms. The zero-order valence-corrected chi connectivity index (χ0v) is 13.4. The number of benzene rings is 1. The lowest BCUT2D eigenvalue weighted by molar-refractivity contribution is -0.118. The monoisotopic (exact) mass is 317 g/mol. The number of carbonyl (C=O) groups is 2. The average molecular weight is 317 g/mol. The van der Waals surface area contributed by atoms with Crippen LogP contribution in [-0.2, 0) is 14.3 Å². The van der Waals surface area contributed by atoms with E-state index in [-0.39, 0.29) is 17.7 Å². The lowest BCUT2D eigenvalue weighted by atomic mass is 10.2. The Labute approximate surface area is 136 Å². The highest BCUT2D eigenvalue weighted by Crippen LogP contribution is 2.38.